The second-order valence-electron chi connectivity index (χ2n) is 5.36. The fraction of sp³-hybridized carbons (Fsp3) is 0.235. The zero-order valence-corrected chi connectivity index (χ0v) is 13.9. The van der Waals surface area contributed by atoms with Crippen LogP contribution in [0.1, 0.15) is 11.1 Å². The lowest BCUT2D eigenvalue weighted by molar-refractivity contribution is -0.147. The molecular formula is C17H20BNO3S. The van der Waals surface area contributed by atoms with E-state index in [2.05, 4.69) is 17.9 Å². The second-order valence-corrected chi connectivity index (χ2v) is 5.88. The zero-order chi connectivity index (χ0) is 16.7. The Bertz CT molecular complexity index is 637. The highest BCUT2D eigenvalue weighted by atomic mass is 32.1. The Labute approximate surface area is 142 Å². The van der Waals surface area contributed by atoms with Gasteiger partial charge >= 0.3 is 13.0 Å². The maximum atomic E-state index is 12.3. The van der Waals surface area contributed by atoms with E-state index in [-0.39, 0.29) is 12.6 Å². The standard InChI is InChI=1S/C17H20BNO3S/c1-18(21)19-16(11-14-8-5-9-15(23)10-14)17(20)22-12-13-6-3-2-4-7-13/h2-10,16,19,21,23H,11-12H2,1H3. The first-order valence-corrected chi connectivity index (χ1v) is 7.92. The van der Waals surface area contributed by atoms with Gasteiger partial charge in [-0.05, 0) is 36.5 Å². The smallest absolute Gasteiger partial charge is 0.374 e. The Morgan fingerprint density at radius 3 is 2.57 bits per heavy atom. The van der Waals surface area contributed by atoms with E-state index >= 15 is 0 Å². The van der Waals surface area contributed by atoms with Crippen LogP contribution in [0.3, 0.4) is 0 Å². The minimum atomic E-state index is -0.802. The first kappa shape index (κ1) is 17.6. The molecule has 23 heavy (non-hydrogen) atoms. The predicted molar refractivity (Wildman–Crippen MR) is 94.4 cm³/mol. The van der Waals surface area contributed by atoms with Crippen LogP contribution in [0.4, 0.5) is 0 Å². The quantitative estimate of drug-likeness (QED) is 0.415. The number of hydrogen-bond donors (Lipinski definition) is 3. The van der Waals surface area contributed by atoms with Crippen LogP contribution in [-0.2, 0) is 22.6 Å². The summed E-state index contributed by atoms with van der Waals surface area (Å²) < 4.78 is 5.36. The van der Waals surface area contributed by atoms with Crippen molar-refractivity contribution in [1.82, 2.24) is 5.23 Å². The van der Waals surface area contributed by atoms with Gasteiger partial charge in [-0.2, -0.15) is 0 Å². The molecule has 6 heteroatoms. The van der Waals surface area contributed by atoms with Gasteiger partial charge in [0.25, 0.3) is 0 Å². The van der Waals surface area contributed by atoms with Gasteiger partial charge in [-0.15, -0.1) is 12.6 Å². The van der Waals surface area contributed by atoms with Gasteiger partial charge in [0, 0.05) is 4.90 Å². The molecule has 0 heterocycles. The summed E-state index contributed by atoms with van der Waals surface area (Å²) in [5, 5.41) is 12.4. The van der Waals surface area contributed by atoms with Crippen LogP contribution in [0.15, 0.2) is 59.5 Å². The third-order valence-corrected chi connectivity index (χ3v) is 3.58. The average molecular weight is 329 g/mol. The van der Waals surface area contributed by atoms with Crippen molar-refractivity contribution in [2.45, 2.75) is 30.8 Å². The average Bonchev–Trinajstić information content (AvgIpc) is 2.52. The molecule has 2 rings (SSSR count). The van der Waals surface area contributed by atoms with Gasteiger partial charge in [0.2, 0.25) is 0 Å². The first-order chi connectivity index (χ1) is 11.0. The van der Waals surface area contributed by atoms with E-state index in [0.717, 1.165) is 16.0 Å². The number of thiol groups is 1. The van der Waals surface area contributed by atoms with E-state index in [1.54, 1.807) is 6.82 Å². The summed E-state index contributed by atoms with van der Waals surface area (Å²) in [5.74, 6) is -0.390. The molecule has 2 N–H and O–H groups in total. The van der Waals surface area contributed by atoms with Crippen LogP contribution in [0, 0.1) is 0 Å². The Hall–Kier alpha value is -1.76. The van der Waals surface area contributed by atoms with Gasteiger partial charge in [0.15, 0.2) is 0 Å². The zero-order valence-electron chi connectivity index (χ0n) is 13.0. The van der Waals surface area contributed by atoms with E-state index in [4.69, 9.17) is 4.74 Å². The number of rotatable bonds is 7. The Kier molecular flexibility index (Phi) is 6.71. The molecule has 0 aliphatic carbocycles. The van der Waals surface area contributed by atoms with E-state index in [1.807, 2.05) is 54.6 Å². The highest BCUT2D eigenvalue weighted by Crippen LogP contribution is 2.12. The maximum absolute atomic E-state index is 12.3. The fourth-order valence-corrected chi connectivity index (χ4v) is 2.50. The fourth-order valence-electron chi connectivity index (χ4n) is 2.25. The number of nitrogens with one attached hydrogen (secondary N) is 1. The van der Waals surface area contributed by atoms with Crippen molar-refractivity contribution in [2.75, 3.05) is 0 Å². The van der Waals surface area contributed by atoms with Crippen LogP contribution >= 0.6 is 12.6 Å². The molecular weight excluding hydrogens is 309 g/mol. The molecule has 120 valence electrons. The summed E-state index contributed by atoms with van der Waals surface area (Å²) in [5.41, 5.74) is 1.88. The number of hydrogen-bond acceptors (Lipinski definition) is 5. The molecule has 4 nitrogen and oxygen atoms in total. The van der Waals surface area contributed by atoms with Gasteiger partial charge in [-0.25, -0.2) is 0 Å². The summed E-state index contributed by atoms with van der Waals surface area (Å²) in [4.78, 5) is 13.2. The molecule has 0 spiro atoms. The normalized spacial score (nSPS) is 11.8. The van der Waals surface area contributed by atoms with Crippen molar-refractivity contribution in [3.8, 4) is 0 Å². The molecule has 1 atom stereocenters. The molecule has 1 unspecified atom stereocenters. The highest BCUT2D eigenvalue weighted by Gasteiger charge is 2.23. The van der Waals surface area contributed by atoms with Crippen LogP contribution in [0.2, 0.25) is 6.82 Å². The second kappa shape index (κ2) is 8.77. The van der Waals surface area contributed by atoms with E-state index in [0.29, 0.717) is 6.42 Å². The van der Waals surface area contributed by atoms with Crippen LogP contribution in [0.25, 0.3) is 0 Å². The number of ether oxygens (including phenoxy) is 1. The monoisotopic (exact) mass is 329 g/mol. The lowest BCUT2D eigenvalue weighted by Crippen LogP contribution is -2.46. The van der Waals surface area contributed by atoms with Crippen LogP contribution in [0.5, 0.6) is 0 Å². The molecule has 0 fully saturated rings. The van der Waals surface area contributed by atoms with Crippen molar-refractivity contribution in [3.63, 3.8) is 0 Å². The van der Waals surface area contributed by atoms with Crippen molar-refractivity contribution >= 4 is 25.6 Å². The van der Waals surface area contributed by atoms with Crippen LogP contribution in [-0.4, -0.2) is 24.1 Å². The number of esters is 1. The predicted octanol–water partition coefficient (Wildman–Crippen LogP) is 2.33. The van der Waals surface area contributed by atoms with Gasteiger partial charge in [0.05, 0.1) is 0 Å². The lowest BCUT2D eigenvalue weighted by atomic mass is 9.86. The SMILES string of the molecule is CB(O)NC(Cc1cccc(S)c1)C(=O)OCc1ccccc1. The molecule has 2 aromatic rings. The molecule has 0 saturated carbocycles. The van der Waals surface area contributed by atoms with Crippen LogP contribution < -0.4 is 5.23 Å². The lowest BCUT2D eigenvalue weighted by Gasteiger charge is -2.18. The minimum Gasteiger partial charge on any atom is -0.460 e. The number of carbonyl (C=O) groups excluding carboxylic acids is 1. The Morgan fingerprint density at radius 2 is 1.91 bits per heavy atom. The number of benzene rings is 2. The highest BCUT2D eigenvalue weighted by molar-refractivity contribution is 7.80. The summed E-state index contributed by atoms with van der Waals surface area (Å²) >= 11 is 4.30. The third kappa shape index (κ3) is 6.10. The van der Waals surface area contributed by atoms with E-state index in [9.17, 15) is 9.82 Å². The Morgan fingerprint density at radius 1 is 1.22 bits per heavy atom. The topological polar surface area (TPSA) is 58.6 Å². The van der Waals surface area contributed by atoms with Crippen molar-refractivity contribution in [2.24, 2.45) is 0 Å². The van der Waals surface area contributed by atoms with E-state index in [1.165, 1.54) is 0 Å². The summed E-state index contributed by atoms with van der Waals surface area (Å²) in [7, 11) is -0.802. The summed E-state index contributed by atoms with van der Waals surface area (Å²) in [6.45, 7) is 1.79. The van der Waals surface area contributed by atoms with Gasteiger partial charge in [-0.3, -0.25) is 4.79 Å². The molecule has 0 amide bonds. The molecule has 0 aliphatic rings. The molecule has 0 radical (unpaired) electrons. The molecule has 0 aliphatic heterocycles. The van der Waals surface area contributed by atoms with Crippen molar-refractivity contribution < 1.29 is 14.6 Å². The summed E-state index contributed by atoms with van der Waals surface area (Å²) in [6, 6.07) is 16.4. The maximum Gasteiger partial charge on any atom is 0.374 e. The summed E-state index contributed by atoms with van der Waals surface area (Å²) in [6.07, 6.45) is 0.424. The van der Waals surface area contributed by atoms with Crippen molar-refractivity contribution in [3.05, 3.63) is 65.7 Å². The minimum absolute atomic E-state index is 0.213. The van der Waals surface area contributed by atoms with Crippen molar-refractivity contribution in [1.29, 1.82) is 0 Å². The molecule has 0 aromatic heterocycles. The first-order valence-electron chi connectivity index (χ1n) is 7.47. The van der Waals surface area contributed by atoms with E-state index < -0.39 is 13.1 Å². The van der Waals surface area contributed by atoms with Gasteiger partial charge in [0.1, 0.15) is 12.6 Å². The number of carbonyl (C=O) groups is 1. The molecule has 0 saturated heterocycles. The van der Waals surface area contributed by atoms with Gasteiger partial charge < -0.3 is 15.0 Å². The third-order valence-electron chi connectivity index (χ3n) is 3.30. The largest absolute Gasteiger partial charge is 0.460 e. The molecule has 0 bridgehead atoms. The van der Waals surface area contributed by atoms with Gasteiger partial charge in [-0.1, -0.05) is 42.5 Å². The Balaban J connectivity index is 2.00. The molecule has 2 aromatic carbocycles.